The van der Waals surface area contributed by atoms with Gasteiger partial charge in [-0.05, 0) is 118 Å². The van der Waals surface area contributed by atoms with Crippen LogP contribution in [0.1, 0.15) is 47.9 Å². The molecule has 0 saturated heterocycles. The molecule has 0 radical (unpaired) electrons. The summed E-state index contributed by atoms with van der Waals surface area (Å²) in [4.78, 5) is 0. The van der Waals surface area contributed by atoms with Gasteiger partial charge in [-0.15, -0.1) is 0 Å². The van der Waals surface area contributed by atoms with E-state index in [1.54, 1.807) is 0 Å². The number of hydrogen-bond donors (Lipinski definition) is 1. The zero-order valence-corrected chi connectivity index (χ0v) is 29.6. The van der Waals surface area contributed by atoms with E-state index >= 15 is 4.57 Å². The van der Waals surface area contributed by atoms with Crippen molar-refractivity contribution in [1.29, 1.82) is 0 Å². The fourth-order valence-corrected chi connectivity index (χ4v) is 11.1. The first-order chi connectivity index (χ1) is 25.0. The van der Waals surface area contributed by atoms with Crippen LogP contribution in [0.3, 0.4) is 0 Å². The number of nitrogens with one attached hydrogen (secondary N) is 1. The minimum Gasteiger partial charge on any atom is -0.403 e. The number of aryl methyl sites for hydroxylation is 2. The summed E-state index contributed by atoms with van der Waals surface area (Å²) in [6.45, 7) is 0. The lowest BCUT2D eigenvalue weighted by Gasteiger charge is -2.28. The normalized spacial score (nSPS) is 16.5. The number of halogens is 3. The van der Waals surface area contributed by atoms with Gasteiger partial charge >= 0.3 is 23.3 Å². The molecule has 0 saturated carbocycles. The van der Waals surface area contributed by atoms with E-state index in [1.165, 1.54) is 4.49 Å². The zero-order valence-electron chi connectivity index (χ0n) is 27.9. The van der Waals surface area contributed by atoms with Gasteiger partial charge in [0.05, 0.1) is 0 Å². The van der Waals surface area contributed by atoms with Crippen molar-refractivity contribution in [2.24, 2.45) is 0 Å². The SMILES string of the molecule is O=P1(NS(=O)(=O)C(F)(F)F)Oc2c(-c3cccc4ccccc34)cc3c(c2-c2c4c(cc(-c5cccc6ccccc56)c2O1)CCCC4)CCCC3. The second-order valence-corrected chi connectivity index (χ2v) is 17.3. The summed E-state index contributed by atoms with van der Waals surface area (Å²) in [5, 5.41) is 3.56. The average Bonchev–Trinajstić information content (AvgIpc) is 3.27. The van der Waals surface area contributed by atoms with Crippen LogP contribution in [-0.2, 0) is 40.3 Å². The Balaban J connectivity index is 1.45. The molecule has 11 heteroatoms. The van der Waals surface area contributed by atoms with E-state index in [0.717, 1.165) is 93.5 Å². The molecule has 1 N–H and O–H groups in total. The third-order valence-electron chi connectivity index (χ3n) is 10.6. The number of hydrogen-bond acceptors (Lipinski definition) is 5. The molecule has 0 bridgehead atoms. The zero-order chi connectivity index (χ0) is 35.8. The van der Waals surface area contributed by atoms with Crippen molar-refractivity contribution in [3.8, 4) is 44.9 Å². The first kappa shape index (κ1) is 33.2. The number of rotatable bonds is 4. The lowest BCUT2D eigenvalue weighted by Crippen LogP contribution is -2.36. The largest absolute Gasteiger partial charge is 0.526 e. The molecular weight excluding hydrogens is 706 g/mol. The second-order valence-electron chi connectivity index (χ2n) is 13.7. The molecule has 0 unspecified atom stereocenters. The van der Waals surface area contributed by atoms with Gasteiger partial charge < -0.3 is 9.05 Å². The molecule has 264 valence electrons. The van der Waals surface area contributed by atoms with Gasteiger partial charge in [0.1, 0.15) is 11.5 Å². The molecule has 1 aliphatic heterocycles. The first-order valence-electron chi connectivity index (χ1n) is 17.4. The summed E-state index contributed by atoms with van der Waals surface area (Å²) in [7, 11) is -11.6. The second kappa shape index (κ2) is 12.2. The Morgan fingerprint density at radius 1 is 0.577 bits per heavy atom. The Bertz CT molecular complexity index is 2460. The Labute approximate surface area is 299 Å². The number of fused-ring (bicyclic) bond motifs is 9. The molecule has 0 aromatic heterocycles. The maximum atomic E-state index is 15.0. The van der Waals surface area contributed by atoms with Crippen LogP contribution < -0.4 is 13.5 Å². The lowest BCUT2D eigenvalue weighted by atomic mass is 9.77. The predicted molar refractivity (Wildman–Crippen MR) is 198 cm³/mol. The van der Waals surface area contributed by atoms with E-state index in [1.807, 2.05) is 97.1 Å². The van der Waals surface area contributed by atoms with Gasteiger partial charge in [-0.25, -0.2) is 13.0 Å². The van der Waals surface area contributed by atoms with Crippen molar-refractivity contribution in [1.82, 2.24) is 4.49 Å². The first-order valence-corrected chi connectivity index (χ1v) is 20.5. The van der Waals surface area contributed by atoms with E-state index in [4.69, 9.17) is 9.05 Å². The highest BCUT2D eigenvalue weighted by Gasteiger charge is 2.53. The van der Waals surface area contributed by atoms with Gasteiger partial charge in [-0.3, -0.25) is 0 Å². The lowest BCUT2D eigenvalue weighted by molar-refractivity contribution is -0.0443. The Kier molecular flexibility index (Phi) is 7.81. The molecule has 6 aromatic carbocycles. The quantitative estimate of drug-likeness (QED) is 0.182. The van der Waals surface area contributed by atoms with Gasteiger partial charge in [0, 0.05) is 22.3 Å². The van der Waals surface area contributed by atoms with Gasteiger partial charge in [0.25, 0.3) is 0 Å². The highest BCUT2D eigenvalue weighted by molar-refractivity contribution is 7.95. The number of benzene rings is 6. The molecule has 0 amide bonds. The minimum absolute atomic E-state index is 0.0480. The van der Waals surface area contributed by atoms with Crippen molar-refractivity contribution >= 4 is 39.3 Å². The van der Waals surface area contributed by atoms with Crippen LogP contribution in [0.4, 0.5) is 13.2 Å². The summed E-state index contributed by atoms with van der Waals surface area (Å²) in [5.74, 6) is 0.0959. The number of sulfonamides is 1. The van der Waals surface area contributed by atoms with Crippen molar-refractivity contribution in [2.45, 2.75) is 56.9 Å². The summed E-state index contributed by atoms with van der Waals surface area (Å²) >= 11 is 0. The maximum absolute atomic E-state index is 15.0. The van der Waals surface area contributed by atoms with E-state index in [-0.39, 0.29) is 11.5 Å². The van der Waals surface area contributed by atoms with Gasteiger partial charge in [0.2, 0.25) is 0 Å². The minimum atomic E-state index is -6.20. The molecular formula is C41H33F3NO5PS. The Hall–Kier alpha value is -4.63. The monoisotopic (exact) mass is 739 g/mol. The smallest absolute Gasteiger partial charge is 0.403 e. The average molecular weight is 740 g/mol. The fourth-order valence-electron chi connectivity index (χ4n) is 8.30. The van der Waals surface area contributed by atoms with Crippen LogP contribution in [0, 0.1) is 0 Å². The fraction of sp³-hybridized carbons (Fsp3) is 0.220. The maximum Gasteiger partial charge on any atom is 0.526 e. The standard InChI is InChI=1S/C41H33F3NO5PS/c42-41(43,44)52(47,48)45-51(46)49-39-35(33-21-9-15-25-11-1-5-17-29(25)33)23-27-13-3-7-19-31(27)37(39)38-32-20-8-4-14-28(32)24-36(40(38)50-51)34-22-10-16-26-12-2-6-18-30(26)34/h1-2,5-6,9-12,15-18,21-24H,3-4,7-8,13-14,19-20H2,(H,45,46). The van der Waals surface area contributed by atoms with Crippen molar-refractivity contribution in [2.75, 3.05) is 0 Å². The third-order valence-corrected chi connectivity index (χ3v) is 13.9. The molecule has 3 aliphatic rings. The number of alkyl halides is 3. The van der Waals surface area contributed by atoms with E-state index < -0.39 is 23.3 Å². The van der Waals surface area contributed by atoms with Crippen LogP contribution >= 0.6 is 7.75 Å². The van der Waals surface area contributed by atoms with E-state index in [0.29, 0.717) is 35.1 Å². The van der Waals surface area contributed by atoms with Crippen molar-refractivity contribution < 1.29 is 35.2 Å². The summed E-state index contributed by atoms with van der Waals surface area (Å²) in [5.41, 5.74) is 1.92. The Morgan fingerprint density at radius 2 is 1.00 bits per heavy atom. The Morgan fingerprint density at radius 3 is 1.46 bits per heavy atom. The van der Waals surface area contributed by atoms with Gasteiger partial charge in [-0.1, -0.05) is 89.4 Å². The van der Waals surface area contributed by atoms with E-state index in [9.17, 15) is 21.6 Å². The van der Waals surface area contributed by atoms with Crippen molar-refractivity contribution in [3.05, 3.63) is 119 Å². The molecule has 52 heavy (non-hydrogen) atoms. The molecule has 0 atom stereocenters. The molecule has 0 fully saturated rings. The van der Waals surface area contributed by atoms with Crippen molar-refractivity contribution in [3.63, 3.8) is 0 Å². The summed E-state index contributed by atoms with van der Waals surface area (Å²) < 4.78 is 96.8. The van der Waals surface area contributed by atoms with Gasteiger partial charge in [-0.2, -0.15) is 13.2 Å². The molecule has 2 aliphatic carbocycles. The highest BCUT2D eigenvalue weighted by atomic mass is 32.2. The molecule has 6 nitrogen and oxygen atoms in total. The van der Waals surface area contributed by atoms with Crippen LogP contribution in [0.5, 0.6) is 11.5 Å². The summed E-state index contributed by atoms with van der Waals surface area (Å²) in [6, 6.07) is 30.9. The third kappa shape index (κ3) is 5.42. The summed E-state index contributed by atoms with van der Waals surface area (Å²) in [6.07, 6.45) is 6.47. The van der Waals surface area contributed by atoms with Crippen LogP contribution in [-0.4, -0.2) is 13.9 Å². The van der Waals surface area contributed by atoms with Crippen LogP contribution in [0.2, 0.25) is 0 Å². The molecule has 9 rings (SSSR count). The molecule has 0 spiro atoms. The molecule has 6 aromatic rings. The predicted octanol–water partition coefficient (Wildman–Crippen LogP) is 11.1. The highest BCUT2D eigenvalue weighted by Crippen LogP contribution is 2.63. The molecule has 1 heterocycles. The topological polar surface area (TPSA) is 81.7 Å². The van der Waals surface area contributed by atoms with E-state index in [2.05, 4.69) is 0 Å². The van der Waals surface area contributed by atoms with Gasteiger partial charge in [0.15, 0.2) is 0 Å². The van der Waals surface area contributed by atoms with Crippen LogP contribution in [0.25, 0.3) is 54.9 Å². The van der Waals surface area contributed by atoms with Crippen LogP contribution in [0.15, 0.2) is 97.1 Å².